The molecular formula is C19H21N5O. The van der Waals surface area contributed by atoms with Crippen LogP contribution in [0, 0.1) is 0 Å². The van der Waals surface area contributed by atoms with Crippen LogP contribution in [0.1, 0.15) is 18.9 Å². The lowest BCUT2D eigenvalue weighted by Gasteiger charge is -2.31. The first-order valence-electron chi connectivity index (χ1n) is 8.59. The Labute approximate surface area is 146 Å². The molecule has 0 saturated carbocycles. The molecule has 4 rings (SSSR count). The Morgan fingerprint density at radius 1 is 1.12 bits per heavy atom. The van der Waals surface area contributed by atoms with Crippen LogP contribution in [0.4, 0.5) is 11.6 Å². The quantitative estimate of drug-likeness (QED) is 0.797. The number of aromatic nitrogens is 3. The zero-order valence-corrected chi connectivity index (χ0v) is 14.2. The molecule has 0 bridgehead atoms. The van der Waals surface area contributed by atoms with Gasteiger partial charge in [-0.2, -0.15) is 0 Å². The highest BCUT2D eigenvalue weighted by Crippen LogP contribution is 2.26. The molecule has 6 heteroatoms. The minimum absolute atomic E-state index is 0.0199. The third-order valence-corrected chi connectivity index (χ3v) is 4.78. The average molecular weight is 335 g/mol. The molecule has 0 aliphatic carbocycles. The van der Waals surface area contributed by atoms with Gasteiger partial charge in [-0.15, -0.1) is 0 Å². The van der Waals surface area contributed by atoms with Crippen molar-refractivity contribution in [3.8, 4) is 0 Å². The number of rotatable bonds is 3. The molecule has 128 valence electrons. The first kappa shape index (κ1) is 15.8. The van der Waals surface area contributed by atoms with Crippen LogP contribution in [0.15, 0.2) is 53.6 Å². The van der Waals surface area contributed by atoms with Gasteiger partial charge in [0.25, 0.3) is 5.56 Å². The predicted octanol–water partition coefficient (Wildman–Crippen LogP) is 2.80. The van der Waals surface area contributed by atoms with Gasteiger partial charge in [-0.1, -0.05) is 12.1 Å². The van der Waals surface area contributed by atoms with Crippen LogP contribution in [-0.4, -0.2) is 39.6 Å². The van der Waals surface area contributed by atoms with Crippen LogP contribution in [0.3, 0.4) is 0 Å². The van der Waals surface area contributed by atoms with Gasteiger partial charge in [-0.3, -0.25) is 14.3 Å². The van der Waals surface area contributed by atoms with Gasteiger partial charge in [0.15, 0.2) is 0 Å². The van der Waals surface area contributed by atoms with Gasteiger partial charge in [0.1, 0.15) is 0 Å². The summed E-state index contributed by atoms with van der Waals surface area (Å²) in [4.78, 5) is 24.3. The van der Waals surface area contributed by atoms with Crippen molar-refractivity contribution >= 4 is 22.5 Å². The van der Waals surface area contributed by atoms with Crippen molar-refractivity contribution in [2.75, 3.05) is 25.5 Å². The number of fused-ring (bicyclic) bond motifs is 1. The van der Waals surface area contributed by atoms with Crippen molar-refractivity contribution < 1.29 is 0 Å². The first-order valence-corrected chi connectivity index (χ1v) is 8.59. The van der Waals surface area contributed by atoms with Crippen LogP contribution in [0.25, 0.3) is 10.9 Å². The minimum Gasteiger partial charge on any atom is -0.324 e. The molecule has 0 spiro atoms. The number of para-hydroxylation sites is 1. The Morgan fingerprint density at radius 2 is 1.92 bits per heavy atom. The summed E-state index contributed by atoms with van der Waals surface area (Å²) in [6.45, 7) is 1.96. The van der Waals surface area contributed by atoms with E-state index in [1.165, 1.54) is 0 Å². The number of piperidine rings is 1. The molecule has 2 aromatic heterocycles. The van der Waals surface area contributed by atoms with E-state index in [9.17, 15) is 4.79 Å². The maximum Gasteiger partial charge on any atom is 0.263 e. The van der Waals surface area contributed by atoms with Crippen molar-refractivity contribution in [3.63, 3.8) is 0 Å². The molecular weight excluding hydrogens is 314 g/mol. The molecule has 3 heterocycles. The van der Waals surface area contributed by atoms with Crippen molar-refractivity contribution in [3.05, 3.63) is 59.1 Å². The smallest absolute Gasteiger partial charge is 0.263 e. The minimum atomic E-state index is 0.0199. The van der Waals surface area contributed by atoms with Crippen molar-refractivity contribution in [2.24, 2.45) is 0 Å². The monoisotopic (exact) mass is 335 g/mol. The van der Waals surface area contributed by atoms with Crippen LogP contribution in [0.5, 0.6) is 0 Å². The standard InChI is InChI=1S/C19H21N5O/c1-23-11-8-15(9-12-23)24-18(25)16-6-2-3-7-17(16)22-19(24)21-14-5-4-10-20-13-14/h2-7,10,13,15H,8-9,11-12H2,1H3,(H,21,22). The van der Waals surface area contributed by atoms with Crippen LogP contribution >= 0.6 is 0 Å². The summed E-state index contributed by atoms with van der Waals surface area (Å²) in [5.74, 6) is 0.589. The van der Waals surface area contributed by atoms with Gasteiger partial charge >= 0.3 is 0 Å². The van der Waals surface area contributed by atoms with Gasteiger partial charge in [0.2, 0.25) is 5.95 Å². The fourth-order valence-corrected chi connectivity index (χ4v) is 3.39. The van der Waals surface area contributed by atoms with E-state index in [0.717, 1.165) is 31.6 Å². The maximum atomic E-state index is 13.2. The number of likely N-dealkylation sites (tertiary alicyclic amines) is 1. The number of anilines is 2. The third kappa shape index (κ3) is 3.13. The summed E-state index contributed by atoms with van der Waals surface area (Å²) in [6, 6.07) is 11.5. The zero-order valence-electron chi connectivity index (χ0n) is 14.2. The van der Waals surface area contributed by atoms with E-state index in [-0.39, 0.29) is 11.6 Å². The largest absolute Gasteiger partial charge is 0.324 e. The van der Waals surface area contributed by atoms with E-state index in [1.807, 2.05) is 41.0 Å². The van der Waals surface area contributed by atoms with Gasteiger partial charge in [-0.25, -0.2) is 4.98 Å². The second-order valence-electron chi connectivity index (χ2n) is 6.53. The van der Waals surface area contributed by atoms with Crippen molar-refractivity contribution in [1.29, 1.82) is 0 Å². The first-order chi connectivity index (χ1) is 12.2. The molecule has 1 aliphatic rings. The number of hydrogen-bond donors (Lipinski definition) is 1. The van der Waals surface area contributed by atoms with E-state index < -0.39 is 0 Å². The number of pyridine rings is 1. The zero-order chi connectivity index (χ0) is 17.2. The van der Waals surface area contributed by atoms with Crippen molar-refractivity contribution in [2.45, 2.75) is 18.9 Å². The summed E-state index contributed by atoms with van der Waals surface area (Å²) in [5.41, 5.74) is 1.56. The summed E-state index contributed by atoms with van der Waals surface area (Å²) in [5, 5.41) is 3.95. The third-order valence-electron chi connectivity index (χ3n) is 4.78. The van der Waals surface area contributed by atoms with E-state index in [4.69, 9.17) is 4.98 Å². The highest BCUT2D eigenvalue weighted by Gasteiger charge is 2.23. The normalized spacial score (nSPS) is 16.2. The van der Waals surface area contributed by atoms with Gasteiger partial charge in [-0.05, 0) is 57.2 Å². The van der Waals surface area contributed by atoms with E-state index in [1.54, 1.807) is 12.4 Å². The molecule has 1 N–H and O–H groups in total. The van der Waals surface area contributed by atoms with Gasteiger partial charge in [0, 0.05) is 12.2 Å². The Kier molecular flexibility index (Phi) is 4.19. The molecule has 6 nitrogen and oxygen atoms in total. The van der Waals surface area contributed by atoms with Gasteiger partial charge < -0.3 is 10.2 Å². The molecule has 25 heavy (non-hydrogen) atoms. The van der Waals surface area contributed by atoms with Gasteiger partial charge in [0.05, 0.1) is 22.8 Å². The molecule has 1 aromatic carbocycles. The molecule has 0 amide bonds. The Bertz CT molecular complexity index is 929. The predicted molar refractivity (Wildman–Crippen MR) is 99.3 cm³/mol. The SMILES string of the molecule is CN1CCC(n2c(Nc3cccnc3)nc3ccccc3c2=O)CC1. The number of nitrogens with one attached hydrogen (secondary N) is 1. The second-order valence-corrected chi connectivity index (χ2v) is 6.53. The summed E-state index contributed by atoms with van der Waals surface area (Å²) >= 11 is 0. The molecule has 3 aromatic rings. The molecule has 1 saturated heterocycles. The van der Waals surface area contributed by atoms with Crippen LogP contribution < -0.4 is 10.9 Å². The number of nitrogens with zero attached hydrogens (tertiary/aromatic N) is 4. The molecule has 0 atom stereocenters. The highest BCUT2D eigenvalue weighted by atomic mass is 16.1. The second kappa shape index (κ2) is 6.64. The lowest BCUT2D eigenvalue weighted by atomic mass is 10.0. The van der Waals surface area contributed by atoms with Crippen LogP contribution in [-0.2, 0) is 0 Å². The lowest BCUT2D eigenvalue weighted by Crippen LogP contribution is -2.36. The van der Waals surface area contributed by atoms with E-state index >= 15 is 0 Å². The Hall–Kier alpha value is -2.73. The Balaban J connectivity index is 1.84. The molecule has 0 radical (unpaired) electrons. The lowest BCUT2D eigenvalue weighted by molar-refractivity contribution is 0.220. The molecule has 1 fully saturated rings. The fourth-order valence-electron chi connectivity index (χ4n) is 3.39. The summed E-state index contributed by atoms with van der Waals surface area (Å²) < 4.78 is 1.84. The Morgan fingerprint density at radius 3 is 2.68 bits per heavy atom. The molecule has 1 aliphatic heterocycles. The van der Waals surface area contributed by atoms with Crippen LogP contribution in [0.2, 0.25) is 0 Å². The highest BCUT2D eigenvalue weighted by molar-refractivity contribution is 5.79. The summed E-state index contributed by atoms with van der Waals surface area (Å²) in [7, 11) is 2.12. The number of benzene rings is 1. The molecule has 0 unspecified atom stereocenters. The van der Waals surface area contributed by atoms with E-state index in [2.05, 4.69) is 22.2 Å². The fraction of sp³-hybridized carbons (Fsp3) is 0.316. The average Bonchev–Trinajstić information content (AvgIpc) is 2.64. The number of hydrogen-bond acceptors (Lipinski definition) is 5. The maximum absolute atomic E-state index is 13.2. The topological polar surface area (TPSA) is 63.1 Å². The van der Waals surface area contributed by atoms with E-state index in [0.29, 0.717) is 16.9 Å². The summed E-state index contributed by atoms with van der Waals surface area (Å²) in [6.07, 6.45) is 5.35. The van der Waals surface area contributed by atoms with Crippen molar-refractivity contribution in [1.82, 2.24) is 19.4 Å².